The van der Waals surface area contributed by atoms with E-state index in [0.29, 0.717) is 5.92 Å². The van der Waals surface area contributed by atoms with Gasteiger partial charge < -0.3 is 0 Å². The molecule has 0 heterocycles. The lowest BCUT2D eigenvalue weighted by molar-refractivity contribution is 0.563. The van der Waals surface area contributed by atoms with Gasteiger partial charge in [0.2, 0.25) is 0 Å². The largest absolute Gasteiger partial charge is 0.234 e. The smallest absolute Gasteiger partial charge is 0.123 e. The van der Waals surface area contributed by atoms with Crippen molar-refractivity contribution in [1.29, 1.82) is 0 Å². The molecule has 1 aliphatic carbocycles. The lowest BCUT2D eigenvalue weighted by Crippen LogP contribution is -1.98. The topological polar surface area (TPSA) is 17.1 Å². The number of carbonyl (C=O) groups excluding carboxylic acids is 1. The van der Waals surface area contributed by atoms with Gasteiger partial charge in [-0.3, -0.25) is 0 Å². The van der Waals surface area contributed by atoms with Crippen LogP contribution in [0.1, 0.15) is 13.3 Å². The Bertz CT molecular complexity index is 217. The predicted molar refractivity (Wildman–Crippen MR) is 41.3 cm³/mol. The molecule has 0 N–H and O–H groups in total. The van der Waals surface area contributed by atoms with E-state index in [1.807, 2.05) is 31.1 Å². The van der Waals surface area contributed by atoms with E-state index in [2.05, 4.69) is 6.08 Å². The average Bonchev–Trinajstić information content (AvgIpc) is 2.05. The summed E-state index contributed by atoms with van der Waals surface area (Å²) in [5.41, 5.74) is 0.792. The maximum absolute atomic E-state index is 10.2. The summed E-state index contributed by atoms with van der Waals surface area (Å²) in [7, 11) is 0. The van der Waals surface area contributed by atoms with Crippen molar-refractivity contribution < 1.29 is 4.79 Å². The van der Waals surface area contributed by atoms with E-state index in [1.165, 1.54) is 0 Å². The lowest BCUT2D eigenvalue weighted by Gasteiger charge is -2.09. The van der Waals surface area contributed by atoms with E-state index in [-0.39, 0.29) is 0 Å². The quantitative estimate of drug-likeness (QED) is 0.500. The van der Waals surface area contributed by atoms with E-state index in [9.17, 15) is 4.79 Å². The summed E-state index contributed by atoms with van der Waals surface area (Å²) in [6, 6.07) is 0. The van der Waals surface area contributed by atoms with Crippen LogP contribution in [0.3, 0.4) is 0 Å². The summed E-state index contributed by atoms with van der Waals surface area (Å²) < 4.78 is 0. The van der Waals surface area contributed by atoms with Crippen LogP contribution in [0.2, 0.25) is 0 Å². The first-order valence-electron chi connectivity index (χ1n) is 3.39. The van der Waals surface area contributed by atoms with E-state index < -0.39 is 0 Å². The SMILES string of the molecule is CC(=C=O)C1C=CC=CC1. The van der Waals surface area contributed by atoms with Crippen molar-refractivity contribution in [3.8, 4) is 0 Å². The summed E-state index contributed by atoms with van der Waals surface area (Å²) >= 11 is 0. The van der Waals surface area contributed by atoms with Gasteiger partial charge in [-0.2, -0.15) is 0 Å². The molecule has 0 spiro atoms. The second kappa shape index (κ2) is 3.19. The highest BCUT2D eigenvalue weighted by Gasteiger charge is 2.06. The Kier molecular flexibility index (Phi) is 2.24. The zero-order valence-corrected chi connectivity index (χ0v) is 6.00. The Morgan fingerprint density at radius 3 is 2.90 bits per heavy atom. The predicted octanol–water partition coefficient (Wildman–Crippen LogP) is 1.90. The standard InChI is InChI=1S/C9H10O/c1-8(7-10)9-5-3-2-4-6-9/h2-5,9H,6H2,1H3. The van der Waals surface area contributed by atoms with Crippen LogP contribution in [0.15, 0.2) is 29.9 Å². The fraction of sp³-hybridized carbons (Fsp3) is 0.333. The normalized spacial score (nSPS) is 22.3. The van der Waals surface area contributed by atoms with Gasteiger partial charge in [-0.25, -0.2) is 4.79 Å². The first kappa shape index (κ1) is 7.04. The molecule has 0 saturated carbocycles. The van der Waals surface area contributed by atoms with Gasteiger partial charge in [-0.15, -0.1) is 0 Å². The molecule has 52 valence electrons. The molecule has 1 atom stereocenters. The first-order chi connectivity index (χ1) is 4.84. The van der Waals surface area contributed by atoms with Crippen LogP contribution in [0.25, 0.3) is 0 Å². The van der Waals surface area contributed by atoms with Crippen molar-refractivity contribution in [1.82, 2.24) is 0 Å². The Balaban J connectivity index is 2.68. The van der Waals surface area contributed by atoms with Crippen LogP contribution in [0.4, 0.5) is 0 Å². The molecule has 0 bridgehead atoms. The Morgan fingerprint density at radius 2 is 2.40 bits per heavy atom. The number of allylic oxidation sites excluding steroid dienone is 5. The molecule has 0 aromatic heterocycles. The Morgan fingerprint density at radius 1 is 1.60 bits per heavy atom. The summed E-state index contributed by atoms with van der Waals surface area (Å²) in [6.07, 6.45) is 8.99. The summed E-state index contributed by atoms with van der Waals surface area (Å²) in [4.78, 5) is 10.2. The summed E-state index contributed by atoms with van der Waals surface area (Å²) in [5.74, 6) is 2.21. The number of rotatable bonds is 1. The van der Waals surface area contributed by atoms with E-state index >= 15 is 0 Å². The second-order valence-electron chi connectivity index (χ2n) is 2.44. The van der Waals surface area contributed by atoms with Gasteiger partial charge in [0, 0.05) is 11.5 Å². The average molecular weight is 134 g/mol. The van der Waals surface area contributed by atoms with Crippen LogP contribution in [0, 0.1) is 5.92 Å². The zero-order valence-electron chi connectivity index (χ0n) is 6.00. The molecule has 1 aliphatic rings. The van der Waals surface area contributed by atoms with E-state index in [1.54, 1.807) is 0 Å². The van der Waals surface area contributed by atoms with Crippen molar-refractivity contribution in [3.05, 3.63) is 29.9 Å². The van der Waals surface area contributed by atoms with Gasteiger partial charge in [0.1, 0.15) is 5.94 Å². The number of hydrogen-bond donors (Lipinski definition) is 0. The van der Waals surface area contributed by atoms with Crippen LogP contribution in [-0.2, 0) is 4.79 Å². The highest BCUT2D eigenvalue weighted by atomic mass is 16.1. The minimum absolute atomic E-state index is 0.294. The fourth-order valence-corrected chi connectivity index (χ4v) is 0.977. The van der Waals surface area contributed by atoms with Crippen LogP contribution in [0.5, 0.6) is 0 Å². The summed E-state index contributed by atoms with van der Waals surface area (Å²) in [6.45, 7) is 1.82. The molecule has 0 amide bonds. The minimum atomic E-state index is 0.294. The van der Waals surface area contributed by atoms with Gasteiger partial charge in [-0.1, -0.05) is 24.3 Å². The number of hydrogen-bond acceptors (Lipinski definition) is 1. The highest BCUT2D eigenvalue weighted by molar-refractivity contribution is 5.53. The molecule has 0 fully saturated rings. The molecule has 1 rings (SSSR count). The Labute approximate surface area is 60.7 Å². The maximum atomic E-state index is 10.2. The monoisotopic (exact) mass is 134 g/mol. The fourth-order valence-electron chi connectivity index (χ4n) is 0.977. The molecular weight excluding hydrogens is 124 g/mol. The van der Waals surface area contributed by atoms with Crippen molar-refractivity contribution in [3.63, 3.8) is 0 Å². The van der Waals surface area contributed by atoms with Crippen LogP contribution >= 0.6 is 0 Å². The van der Waals surface area contributed by atoms with Crippen molar-refractivity contribution >= 4 is 5.94 Å². The van der Waals surface area contributed by atoms with E-state index in [0.717, 1.165) is 12.0 Å². The van der Waals surface area contributed by atoms with Gasteiger partial charge in [0.15, 0.2) is 0 Å². The van der Waals surface area contributed by atoms with Crippen LogP contribution in [-0.4, -0.2) is 5.94 Å². The molecule has 1 heteroatoms. The van der Waals surface area contributed by atoms with E-state index in [4.69, 9.17) is 0 Å². The molecule has 10 heavy (non-hydrogen) atoms. The van der Waals surface area contributed by atoms with Crippen molar-refractivity contribution in [2.24, 2.45) is 5.92 Å². The van der Waals surface area contributed by atoms with Gasteiger partial charge in [0.05, 0.1) is 0 Å². The van der Waals surface area contributed by atoms with Crippen molar-refractivity contribution in [2.45, 2.75) is 13.3 Å². The molecule has 0 radical (unpaired) electrons. The third-order valence-corrected chi connectivity index (χ3v) is 1.70. The lowest BCUT2D eigenvalue weighted by atomic mass is 9.95. The third-order valence-electron chi connectivity index (χ3n) is 1.70. The van der Waals surface area contributed by atoms with Gasteiger partial charge in [-0.05, 0) is 13.3 Å². The molecule has 0 aromatic rings. The Hall–Kier alpha value is -1.07. The molecule has 0 aromatic carbocycles. The minimum Gasteiger partial charge on any atom is -0.234 e. The molecule has 0 saturated heterocycles. The van der Waals surface area contributed by atoms with Gasteiger partial charge >= 0.3 is 0 Å². The maximum Gasteiger partial charge on any atom is 0.123 e. The molecule has 0 aliphatic heterocycles. The van der Waals surface area contributed by atoms with Crippen molar-refractivity contribution in [2.75, 3.05) is 0 Å². The highest BCUT2D eigenvalue weighted by Crippen LogP contribution is 2.17. The van der Waals surface area contributed by atoms with Gasteiger partial charge in [0.25, 0.3) is 0 Å². The van der Waals surface area contributed by atoms with Crippen LogP contribution < -0.4 is 0 Å². The summed E-state index contributed by atoms with van der Waals surface area (Å²) in [5, 5.41) is 0. The zero-order chi connectivity index (χ0) is 7.40. The molecule has 1 unspecified atom stereocenters. The molecule has 1 nitrogen and oxygen atoms in total. The molecular formula is C9H10O. The first-order valence-corrected chi connectivity index (χ1v) is 3.39. The third kappa shape index (κ3) is 1.46. The second-order valence-corrected chi connectivity index (χ2v) is 2.44.